The molecule has 3 heterocycles. The lowest BCUT2D eigenvalue weighted by molar-refractivity contribution is 0.579. The highest BCUT2D eigenvalue weighted by Gasteiger charge is 2.16. The fraction of sp³-hybridized carbons (Fsp3) is 0.389. The zero-order valence-electron chi connectivity index (χ0n) is 14.1. The maximum absolute atomic E-state index is 4.79. The number of aliphatic imine (C=N–C) groups is 1. The van der Waals surface area contributed by atoms with Gasteiger partial charge in [-0.25, -0.2) is 4.98 Å². The van der Waals surface area contributed by atoms with E-state index in [-0.39, 0.29) is 0 Å². The van der Waals surface area contributed by atoms with E-state index >= 15 is 0 Å². The standard InChI is InChI=1S/C18H22N6/c1-12-13(2)21-18(24-7-5-19-6-8-24)23-17(12)22-16-4-3-14-10-20-11-15(14)9-16/h3-4,9,11,19H,5-8,10H2,1-2H3,(H,21,22,23). The molecule has 0 radical (unpaired) electrons. The summed E-state index contributed by atoms with van der Waals surface area (Å²) in [7, 11) is 0. The molecule has 2 aliphatic rings. The molecule has 6 heteroatoms. The quantitative estimate of drug-likeness (QED) is 0.907. The first-order chi connectivity index (χ1) is 11.7. The molecule has 1 aromatic heterocycles. The van der Waals surface area contributed by atoms with Gasteiger partial charge in [0.1, 0.15) is 5.82 Å². The van der Waals surface area contributed by atoms with Gasteiger partial charge in [0.15, 0.2) is 0 Å². The smallest absolute Gasteiger partial charge is 0.227 e. The average molecular weight is 322 g/mol. The van der Waals surface area contributed by atoms with Crippen LogP contribution in [0.4, 0.5) is 17.5 Å². The second kappa shape index (κ2) is 6.20. The van der Waals surface area contributed by atoms with E-state index in [9.17, 15) is 0 Å². The van der Waals surface area contributed by atoms with Crippen LogP contribution in [0.2, 0.25) is 0 Å². The van der Waals surface area contributed by atoms with E-state index in [2.05, 4.69) is 50.6 Å². The Labute approximate surface area is 142 Å². The lowest BCUT2D eigenvalue weighted by Crippen LogP contribution is -2.44. The number of aromatic nitrogens is 2. The van der Waals surface area contributed by atoms with Crippen molar-refractivity contribution >= 4 is 23.7 Å². The van der Waals surface area contributed by atoms with Gasteiger partial charge in [0, 0.05) is 49.3 Å². The molecule has 1 fully saturated rings. The number of hydrogen-bond acceptors (Lipinski definition) is 6. The highest BCUT2D eigenvalue weighted by molar-refractivity contribution is 5.86. The van der Waals surface area contributed by atoms with Crippen LogP contribution in [0.5, 0.6) is 0 Å². The lowest BCUT2D eigenvalue weighted by atomic mass is 10.1. The van der Waals surface area contributed by atoms with E-state index in [0.29, 0.717) is 0 Å². The SMILES string of the molecule is Cc1nc(N2CCNCC2)nc(Nc2ccc3c(c2)C=NC3)c1C. The van der Waals surface area contributed by atoms with Crippen molar-refractivity contribution in [3.05, 3.63) is 40.6 Å². The molecule has 2 aromatic rings. The number of nitrogens with zero attached hydrogens (tertiary/aromatic N) is 4. The van der Waals surface area contributed by atoms with Crippen LogP contribution >= 0.6 is 0 Å². The predicted molar refractivity (Wildman–Crippen MR) is 97.6 cm³/mol. The van der Waals surface area contributed by atoms with Crippen LogP contribution in [-0.4, -0.2) is 42.4 Å². The molecule has 0 unspecified atom stereocenters. The first-order valence-electron chi connectivity index (χ1n) is 8.41. The Bertz CT molecular complexity index is 792. The number of benzene rings is 1. The number of fused-ring (bicyclic) bond motifs is 1. The largest absolute Gasteiger partial charge is 0.340 e. The Kier molecular flexibility index (Phi) is 3.90. The summed E-state index contributed by atoms with van der Waals surface area (Å²) in [5, 5.41) is 6.83. The molecule has 4 rings (SSSR count). The third kappa shape index (κ3) is 2.85. The molecular weight excluding hydrogens is 300 g/mol. The van der Waals surface area contributed by atoms with Crippen molar-refractivity contribution in [2.24, 2.45) is 4.99 Å². The molecule has 0 atom stereocenters. The van der Waals surface area contributed by atoms with Crippen molar-refractivity contribution in [1.29, 1.82) is 0 Å². The third-order valence-electron chi connectivity index (χ3n) is 4.68. The molecular formula is C18H22N6. The van der Waals surface area contributed by atoms with Crippen LogP contribution in [0, 0.1) is 13.8 Å². The Hall–Kier alpha value is -2.47. The summed E-state index contributed by atoms with van der Waals surface area (Å²) >= 11 is 0. The molecule has 0 bridgehead atoms. The van der Waals surface area contributed by atoms with Gasteiger partial charge in [-0.05, 0) is 37.1 Å². The Morgan fingerprint density at radius 2 is 1.96 bits per heavy atom. The minimum atomic E-state index is 0.786. The number of rotatable bonds is 3. The summed E-state index contributed by atoms with van der Waals surface area (Å²) in [5.74, 6) is 1.69. The molecule has 0 saturated carbocycles. The Morgan fingerprint density at radius 1 is 1.12 bits per heavy atom. The van der Waals surface area contributed by atoms with Crippen molar-refractivity contribution in [1.82, 2.24) is 15.3 Å². The topological polar surface area (TPSA) is 65.4 Å². The van der Waals surface area contributed by atoms with Crippen LogP contribution in [0.25, 0.3) is 0 Å². The fourth-order valence-electron chi connectivity index (χ4n) is 3.06. The summed E-state index contributed by atoms with van der Waals surface area (Å²) in [6, 6.07) is 6.35. The van der Waals surface area contributed by atoms with Gasteiger partial charge in [0.2, 0.25) is 5.95 Å². The van der Waals surface area contributed by atoms with Gasteiger partial charge in [-0.3, -0.25) is 4.99 Å². The van der Waals surface area contributed by atoms with Crippen molar-refractivity contribution in [2.45, 2.75) is 20.4 Å². The maximum Gasteiger partial charge on any atom is 0.227 e. The second-order valence-corrected chi connectivity index (χ2v) is 6.33. The Morgan fingerprint density at radius 3 is 2.79 bits per heavy atom. The van der Waals surface area contributed by atoms with Crippen LogP contribution in [0.3, 0.4) is 0 Å². The van der Waals surface area contributed by atoms with Crippen molar-refractivity contribution in [2.75, 3.05) is 36.4 Å². The van der Waals surface area contributed by atoms with Gasteiger partial charge in [0.05, 0.1) is 6.54 Å². The average Bonchev–Trinajstić information content (AvgIpc) is 3.07. The molecule has 0 spiro atoms. The van der Waals surface area contributed by atoms with Gasteiger partial charge < -0.3 is 15.5 Å². The molecule has 2 N–H and O–H groups in total. The van der Waals surface area contributed by atoms with Gasteiger partial charge in [-0.2, -0.15) is 4.98 Å². The first kappa shape index (κ1) is 15.1. The number of hydrogen-bond donors (Lipinski definition) is 2. The predicted octanol–water partition coefficient (Wildman–Crippen LogP) is 2.18. The Balaban J connectivity index is 1.64. The molecule has 0 amide bonds. The van der Waals surface area contributed by atoms with E-state index in [4.69, 9.17) is 4.98 Å². The molecule has 2 aliphatic heterocycles. The molecule has 24 heavy (non-hydrogen) atoms. The van der Waals surface area contributed by atoms with E-state index in [1.54, 1.807) is 0 Å². The van der Waals surface area contributed by atoms with Gasteiger partial charge in [-0.15, -0.1) is 0 Å². The van der Waals surface area contributed by atoms with Crippen LogP contribution < -0.4 is 15.5 Å². The minimum Gasteiger partial charge on any atom is -0.340 e. The van der Waals surface area contributed by atoms with Crippen LogP contribution in [-0.2, 0) is 6.54 Å². The molecule has 6 nitrogen and oxygen atoms in total. The van der Waals surface area contributed by atoms with Crippen LogP contribution in [0.15, 0.2) is 23.2 Å². The monoisotopic (exact) mass is 322 g/mol. The van der Waals surface area contributed by atoms with Crippen molar-refractivity contribution in [3.8, 4) is 0 Å². The molecule has 0 aliphatic carbocycles. The maximum atomic E-state index is 4.79. The van der Waals surface area contributed by atoms with Gasteiger partial charge in [-0.1, -0.05) is 6.07 Å². The van der Waals surface area contributed by atoms with E-state index < -0.39 is 0 Å². The van der Waals surface area contributed by atoms with E-state index in [1.807, 2.05) is 13.1 Å². The van der Waals surface area contributed by atoms with E-state index in [1.165, 1.54) is 11.1 Å². The lowest BCUT2D eigenvalue weighted by Gasteiger charge is -2.28. The number of piperazine rings is 1. The molecule has 1 saturated heterocycles. The summed E-state index contributed by atoms with van der Waals surface area (Å²) in [5.41, 5.74) is 5.60. The van der Waals surface area contributed by atoms with Gasteiger partial charge in [0.25, 0.3) is 0 Å². The van der Waals surface area contributed by atoms with E-state index in [0.717, 1.165) is 61.4 Å². The summed E-state index contributed by atoms with van der Waals surface area (Å²) < 4.78 is 0. The minimum absolute atomic E-state index is 0.786. The first-order valence-corrected chi connectivity index (χ1v) is 8.41. The summed E-state index contributed by atoms with van der Waals surface area (Å²) in [6.45, 7) is 8.73. The normalized spacial score (nSPS) is 16.3. The number of aryl methyl sites for hydroxylation is 1. The highest BCUT2D eigenvalue weighted by atomic mass is 15.3. The van der Waals surface area contributed by atoms with Crippen LogP contribution in [0.1, 0.15) is 22.4 Å². The zero-order chi connectivity index (χ0) is 16.5. The molecule has 1 aromatic carbocycles. The zero-order valence-corrected chi connectivity index (χ0v) is 14.1. The highest BCUT2D eigenvalue weighted by Crippen LogP contribution is 2.25. The second-order valence-electron chi connectivity index (χ2n) is 6.33. The summed E-state index contributed by atoms with van der Waals surface area (Å²) in [6.07, 6.45) is 1.94. The third-order valence-corrected chi connectivity index (χ3v) is 4.68. The molecule has 124 valence electrons. The van der Waals surface area contributed by atoms with Crippen molar-refractivity contribution in [3.63, 3.8) is 0 Å². The number of anilines is 3. The fourth-order valence-corrected chi connectivity index (χ4v) is 3.06. The van der Waals surface area contributed by atoms with Gasteiger partial charge >= 0.3 is 0 Å². The van der Waals surface area contributed by atoms with Crippen molar-refractivity contribution < 1.29 is 0 Å². The summed E-state index contributed by atoms with van der Waals surface area (Å²) in [4.78, 5) is 16.0. The number of nitrogens with one attached hydrogen (secondary N) is 2.